The number of benzene rings is 2. The van der Waals surface area contributed by atoms with Crippen LogP contribution in [0, 0.1) is 12.7 Å². The van der Waals surface area contributed by atoms with Crippen molar-refractivity contribution in [3.63, 3.8) is 0 Å². The van der Waals surface area contributed by atoms with Crippen LogP contribution in [0.15, 0.2) is 46.9 Å². The smallest absolute Gasteiger partial charge is 0.375 e. The van der Waals surface area contributed by atoms with Crippen LogP contribution in [0.4, 0.5) is 4.39 Å². The van der Waals surface area contributed by atoms with Gasteiger partial charge in [0.2, 0.25) is 5.76 Å². The van der Waals surface area contributed by atoms with Crippen LogP contribution < -0.4 is 5.32 Å². The highest BCUT2D eigenvalue weighted by atomic mass is 35.5. The Hall–Kier alpha value is -2.86. The van der Waals surface area contributed by atoms with Gasteiger partial charge in [-0.1, -0.05) is 23.7 Å². The lowest BCUT2D eigenvalue weighted by Gasteiger charge is -2.06. The molecule has 0 unspecified atom stereocenters. The molecule has 27 heavy (non-hydrogen) atoms. The van der Waals surface area contributed by atoms with Gasteiger partial charge in [-0.25, -0.2) is 9.18 Å². The molecular weight excluding hydrogens is 373 g/mol. The lowest BCUT2D eigenvalue weighted by Crippen LogP contribution is -2.30. The number of furan rings is 1. The molecule has 0 fully saturated rings. The second kappa shape index (κ2) is 8.22. The van der Waals surface area contributed by atoms with Gasteiger partial charge in [-0.15, -0.1) is 0 Å². The molecule has 0 saturated heterocycles. The first-order valence-corrected chi connectivity index (χ1v) is 8.69. The fourth-order valence-electron chi connectivity index (χ4n) is 2.63. The Morgan fingerprint density at radius 1 is 1.19 bits per heavy atom. The molecule has 1 heterocycles. The molecule has 0 radical (unpaired) electrons. The Balaban J connectivity index is 1.50. The number of fused-ring (bicyclic) bond motifs is 1. The van der Waals surface area contributed by atoms with Crippen molar-refractivity contribution in [2.24, 2.45) is 0 Å². The Bertz CT molecular complexity index is 982. The van der Waals surface area contributed by atoms with Crippen LogP contribution in [0.3, 0.4) is 0 Å². The molecule has 0 aliphatic rings. The molecule has 0 spiro atoms. The zero-order chi connectivity index (χ0) is 19.4. The lowest BCUT2D eigenvalue weighted by atomic mass is 10.1. The molecule has 1 aromatic heterocycles. The minimum Gasteiger partial charge on any atom is -0.450 e. The number of ether oxygens (including phenoxy) is 1. The maximum Gasteiger partial charge on any atom is 0.375 e. The zero-order valence-corrected chi connectivity index (χ0v) is 15.3. The van der Waals surface area contributed by atoms with E-state index < -0.39 is 18.5 Å². The molecule has 0 aliphatic carbocycles. The summed E-state index contributed by atoms with van der Waals surface area (Å²) in [6.07, 6.45) is 0.545. The summed E-state index contributed by atoms with van der Waals surface area (Å²) < 4.78 is 23.4. The van der Waals surface area contributed by atoms with Gasteiger partial charge in [0.05, 0.1) is 0 Å². The van der Waals surface area contributed by atoms with Gasteiger partial charge in [-0.2, -0.15) is 0 Å². The van der Waals surface area contributed by atoms with Crippen LogP contribution in [-0.2, 0) is 16.0 Å². The molecule has 1 N–H and O–H groups in total. The summed E-state index contributed by atoms with van der Waals surface area (Å²) in [5.41, 5.74) is 2.02. The van der Waals surface area contributed by atoms with E-state index in [0.29, 0.717) is 29.1 Å². The van der Waals surface area contributed by atoms with Crippen molar-refractivity contribution < 1.29 is 23.1 Å². The molecule has 140 valence electrons. The van der Waals surface area contributed by atoms with E-state index in [-0.39, 0.29) is 11.6 Å². The van der Waals surface area contributed by atoms with Gasteiger partial charge in [0.1, 0.15) is 11.4 Å². The van der Waals surface area contributed by atoms with Crippen LogP contribution in [0.1, 0.15) is 21.7 Å². The van der Waals surface area contributed by atoms with Crippen LogP contribution in [0.2, 0.25) is 5.02 Å². The third-order valence-electron chi connectivity index (χ3n) is 4.07. The first-order valence-electron chi connectivity index (χ1n) is 8.31. The third-order valence-corrected chi connectivity index (χ3v) is 4.30. The van der Waals surface area contributed by atoms with Gasteiger partial charge in [-0.05, 0) is 49.2 Å². The maximum absolute atomic E-state index is 12.8. The zero-order valence-electron chi connectivity index (χ0n) is 14.6. The van der Waals surface area contributed by atoms with Crippen molar-refractivity contribution in [3.8, 4) is 0 Å². The van der Waals surface area contributed by atoms with Crippen LogP contribution in [-0.4, -0.2) is 25.0 Å². The minimum atomic E-state index is -0.714. The van der Waals surface area contributed by atoms with E-state index in [0.717, 1.165) is 10.9 Å². The molecule has 0 saturated carbocycles. The van der Waals surface area contributed by atoms with Gasteiger partial charge in [0, 0.05) is 22.5 Å². The van der Waals surface area contributed by atoms with Crippen molar-refractivity contribution in [1.29, 1.82) is 0 Å². The molecule has 2 aromatic carbocycles. The number of rotatable bonds is 6. The normalized spacial score (nSPS) is 10.8. The number of carbonyl (C=O) groups excluding carboxylic acids is 2. The predicted octanol–water partition coefficient (Wildman–Crippen LogP) is 4.05. The highest BCUT2D eigenvalue weighted by molar-refractivity contribution is 6.31. The number of nitrogens with one attached hydrogen (secondary N) is 1. The summed E-state index contributed by atoms with van der Waals surface area (Å²) >= 11 is 5.95. The Morgan fingerprint density at radius 2 is 1.93 bits per heavy atom. The van der Waals surface area contributed by atoms with Crippen LogP contribution in [0.25, 0.3) is 11.0 Å². The summed E-state index contributed by atoms with van der Waals surface area (Å²) in [6, 6.07) is 11.1. The van der Waals surface area contributed by atoms with E-state index in [2.05, 4.69) is 5.32 Å². The quantitative estimate of drug-likeness (QED) is 0.646. The summed E-state index contributed by atoms with van der Waals surface area (Å²) in [5, 5.41) is 3.90. The minimum absolute atomic E-state index is 0.0476. The number of hydrogen-bond donors (Lipinski definition) is 1. The van der Waals surface area contributed by atoms with Crippen molar-refractivity contribution >= 4 is 34.4 Å². The fourth-order valence-corrected chi connectivity index (χ4v) is 2.80. The Kier molecular flexibility index (Phi) is 5.76. The molecule has 5 nitrogen and oxygen atoms in total. The van der Waals surface area contributed by atoms with E-state index in [1.165, 1.54) is 12.1 Å². The molecule has 1 amide bonds. The second-order valence-electron chi connectivity index (χ2n) is 6.00. The molecule has 3 rings (SSSR count). The summed E-state index contributed by atoms with van der Waals surface area (Å²) in [6.45, 7) is 1.66. The number of halogens is 2. The van der Waals surface area contributed by atoms with Gasteiger partial charge < -0.3 is 14.5 Å². The maximum atomic E-state index is 12.8. The number of carbonyl (C=O) groups is 2. The third kappa shape index (κ3) is 4.65. The molecule has 0 aliphatic heterocycles. The first kappa shape index (κ1) is 18.9. The van der Waals surface area contributed by atoms with E-state index in [1.54, 1.807) is 37.3 Å². The summed E-state index contributed by atoms with van der Waals surface area (Å²) in [4.78, 5) is 24.0. The molecule has 3 aromatic rings. The van der Waals surface area contributed by atoms with Gasteiger partial charge in [-0.3, -0.25) is 4.79 Å². The van der Waals surface area contributed by atoms with E-state index in [4.69, 9.17) is 20.8 Å². The van der Waals surface area contributed by atoms with E-state index in [9.17, 15) is 14.0 Å². The number of hydrogen-bond acceptors (Lipinski definition) is 4. The van der Waals surface area contributed by atoms with Crippen molar-refractivity contribution in [1.82, 2.24) is 5.32 Å². The molecule has 0 bridgehead atoms. The van der Waals surface area contributed by atoms with Crippen molar-refractivity contribution in [2.75, 3.05) is 13.2 Å². The topological polar surface area (TPSA) is 68.5 Å². The van der Waals surface area contributed by atoms with Crippen LogP contribution in [0.5, 0.6) is 0 Å². The highest BCUT2D eigenvalue weighted by Gasteiger charge is 2.20. The summed E-state index contributed by atoms with van der Waals surface area (Å²) in [7, 11) is 0. The predicted molar refractivity (Wildman–Crippen MR) is 99.4 cm³/mol. The molecule has 7 heteroatoms. The number of amides is 1. The molecular formula is C20H17ClFNO4. The molecule has 0 atom stereocenters. The van der Waals surface area contributed by atoms with E-state index >= 15 is 0 Å². The average Bonchev–Trinajstić information content (AvgIpc) is 2.98. The fraction of sp³-hybridized carbons (Fsp3) is 0.200. The number of esters is 1. The van der Waals surface area contributed by atoms with Crippen molar-refractivity contribution in [2.45, 2.75) is 13.3 Å². The van der Waals surface area contributed by atoms with Crippen LogP contribution >= 0.6 is 11.6 Å². The lowest BCUT2D eigenvalue weighted by molar-refractivity contribution is -0.124. The number of aryl methyl sites for hydroxylation is 1. The summed E-state index contributed by atoms with van der Waals surface area (Å²) in [5.74, 6) is -1.40. The largest absolute Gasteiger partial charge is 0.450 e. The average molecular weight is 390 g/mol. The first-order chi connectivity index (χ1) is 12.9. The van der Waals surface area contributed by atoms with Gasteiger partial charge >= 0.3 is 5.97 Å². The standard InChI is InChI=1S/C20H17ClFNO4/c1-12-16-10-14(21)4-7-17(16)27-19(12)20(25)26-11-18(24)23-9-8-13-2-5-15(22)6-3-13/h2-7,10H,8-9,11H2,1H3,(H,23,24). The monoisotopic (exact) mass is 389 g/mol. The SMILES string of the molecule is Cc1c(C(=O)OCC(=O)NCCc2ccc(F)cc2)oc2ccc(Cl)cc12. The van der Waals surface area contributed by atoms with Gasteiger partial charge in [0.25, 0.3) is 5.91 Å². The van der Waals surface area contributed by atoms with Gasteiger partial charge in [0.15, 0.2) is 6.61 Å². The Morgan fingerprint density at radius 3 is 2.67 bits per heavy atom. The van der Waals surface area contributed by atoms with Crippen molar-refractivity contribution in [3.05, 3.63) is 70.2 Å². The van der Waals surface area contributed by atoms with E-state index in [1.807, 2.05) is 0 Å². The Labute approximate surface area is 160 Å². The second-order valence-corrected chi connectivity index (χ2v) is 6.44. The highest BCUT2D eigenvalue weighted by Crippen LogP contribution is 2.28.